The molecule has 6 rings (SSSR count). The molecule has 0 heteroatoms. The van der Waals surface area contributed by atoms with Crippen molar-refractivity contribution in [3.8, 4) is 0 Å². The summed E-state index contributed by atoms with van der Waals surface area (Å²) in [6, 6.07) is 0. The van der Waals surface area contributed by atoms with Crippen LogP contribution in [0.15, 0.2) is 0 Å². The molecule has 21 heavy (non-hydrogen) atoms. The average molecular weight is 285 g/mol. The van der Waals surface area contributed by atoms with E-state index in [9.17, 15) is 0 Å². The van der Waals surface area contributed by atoms with E-state index >= 15 is 0 Å². The molecule has 6 bridgehead atoms. The molecule has 5 atom stereocenters. The van der Waals surface area contributed by atoms with Crippen LogP contribution in [-0.4, -0.2) is 0 Å². The molecule has 0 nitrogen and oxygen atoms in total. The second-order valence-corrected chi connectivity index (χ2v) is 10.5. The molecular formula is C21H33. The van der Waals surface area contributed by atoms with Crippen LogP contribution in [0.2, 0.25) is 0 Å². The van der Waals surface area contributed by atoms with Gasteiger partial charge in [-0.15, -0.1) is 0 Å². The van der Waals surface area contributed by atoms with Crippen molar-refractivity contribution in [3.05, 3.63) is 5.92 Å². The van der Waals surface area contributed by atoms with Crippen LogP contribution in [-0.2, 0) is 0 Å². The Hall–Kier alpha value is 0. The smallest absolute Gasteiger partial charge is 0.0176 e. The molecule has 0 aromatic carbocycles. The van der Waals surface area contributed by atoms with E-state index in [0.717, 1.165) is 29.6 Å². The van der Waals surface area contributed by atoms with Gasteiger partial charge in [0.15, 0.2) is 0 Å². The van der Waals surface area contributed by atoms with Crippen LogP contribution in [0.4, 0.5) is 0 Å². The Morgan fingerprint density at radius 2 is 1.57 bits per heavy atom. The van der Waals surface area contributed by atoms with E-state index in [1.54, 1.807) is 38.5 Å². The number of fused-ring (bicyclic) bond motifs is 2. The van der Waals surface area contributed by atoms with Gasteiger partial charge in [-0.1, -0.05) is 27.7 Å². The highest BCUT2D eigenvalue weighted by Gasteiger charge is 2.69. The van der Waals surface area contributed by atoms with Gasteiger partial charge in [0.1, 0.15) is 0 Å². The van der Waals surface area contributed by atoms with Crippen molar-refractivity contribution < 1.29 is 0 Å². The zero-order chi connectivity index (χ0) is 14.6. The minimum absolute atomic E-state index is 0.598. The highest BCUT2D eigenvalue weighted by molar-refractivity contribution is 5.26. The predicted octanol–water partition coefficient (Wildman–Crippen LogP) is 5.87. The normalized spacial score (nSPS) is 60.9. The van der Waals surface area contributed by atoms with Crippen molar-refractivity contribution in [1.29, 1.82) is 0 Å². The summed E-state index contributed by atoms with van der Waals surface area (Å²) < 4.78 is 0. The van der Waals surface area contributed by atoms with Gasteiger partial charge in [0, 0.05) is 0 Å². The first-order valence-corrected chi connectivity index (χ1v) is 9.71. The molecule has 0 heterocycles. The van der Waals surface area contributed by atoms with Gasteiger partial charge in [-0.3, -0.25) is 0 Å². The fourth-order valence-electron chi connectivity index (χ4n) is 8.69. The Morgan fingerprint density at radius 3 is 2.10 bits per heavy atom. The van der Waals surface area contributed by atoms with Crippen LogP contribution in [0.25, 0.3) is 0 Å². The maximum absolute atomic E-state index is 2.69. The van der Waals surface area contributed by atoms with Gasteiger partial charge in [-0.25, -0.2) is 0 Å². The van der Waals surface area contributed by atoms with Crippen molar-refractivity contribution in [2.75, 3.05) is 0 Å². The Kier molecular flexibility index (Phi) is 2.39. The Morgan fingerprint density at radius 1 is 0.905 bits per heavy atom. The molecule has 6 saturated carbocycles. The average Bonchev–Trinajstić information content (AvgIpc) is 2.76. The standard InChI is InChI=1S/C21H33/c1-13-16-8-14-7-15(9-16)12-21(13,11-14)18-10-17-5-6-20(18,4)19(17,2)3/h14-18H,5-12H2,1-4H3. The van der Waals surface area contributed by atoms with Crippen LogP contribution < -0.4 is 0 Å². The summed E-state index contributed by atoms with van der Waals surface area (Å²) in [5, 5.41) is 0. The highest BCUT2D eigenvalue weighted by atomic mass is 14.7. The fraction of sp³-hybridized carbons (Fsp3) is 0.952. The summed E-state index contributed by atoms with van der Waals surface area (Å²) >= 11 is 0. The van der Waals surface area contributed by atoms with E-state index in [0.29, 0.717) is 16.2 Å². The Labute approximate surface area is 131 Å². The first-order valence-electron chi connectivity index (χ1n) is 9.71. The van der Waals surface area contributed by atoms with Crippen LogP contribution in [0.1, 0.15) is 79.1 Å². The van der Waals surface area contributed by atoms with Gasteiger partial charge >= 0.3 is 0 Å². The molecule has 6 aliphatic carbocycles. The zero-order valence-electron chi connectivity index (χ0n) is 14.5. The molecule has 5 unspecified atom stereocenters. The summed E-state index contributed by atoms with van der Waals surface area (Å²) in [6.45, 7) is 10.5. The lowest BCUT2D eigenvalue weighted by Gasteiger charge is -2.65. The van der Waals surface area contributed by atoms with Crippen LogP contribution in [0.3, 0.4) is 0 Å². The minimum atomic E-state index is 0.598. The highest BCUT2D eigenvalue weighted by Crippen LogP contribution is 2.77. The van der Waals surface area contributed by atoms with Crippen molar-refractivity contribution in [2.24, 2.45) is 45.8 Å². The van der Waals surface area contributed by atoms with Crippen molar-refractivity contribution in [1.82, 2.24) is 0 Å². The Bertz CT molecular complexity index is 460. The second-order valence-electron chi connectivity index (χ2n) is 10.5. The second kappa shape index (κ2) is 3.73. The predicted molar refractivity (Wildman–Crippen MR) is 87.6 cm³/mol. The summed E-state index contributed by atoms with van der Waals surface area (Å²) in [7, 11) is 0. The van der Waals surface area contributed by atoms with E-state index in [1.807, 2.05) is 5.92 Å². The number of hydrogen-bond acceptors (Lipinski definition) is 0. The van der Waals surface area contributed by atoms with Crippen LogP contribution in [0.5, 0.6) is 0 Å². The zero-order valence-corrected chi connectivity index (χ0v) is 14.5. The van der Waals surface area contributed by atoms with Gasteiger partial charge in [0.2, 0.25) is 0 Å². The van der Waals surface area contributed by atoms with Crippen molar-refractivity contribution in [2.45, 2.75) is 79.1 Å². The SMILES string of the molecule is C[C]1C2CC3CC(C2)CC1(C1CC2CCC1(C)C2(C)C)C3. The summed E-state index contributed by atoms with van der Waals surface area (Å²) in [5.41, 5.74) is 1.90. The molecule has 0 N–H and O–H groups in total. The van der Waals surface area contributed by atoms with Gasteiger partial charge in [0.25, 0.3) is 0 Å². The topological polar surface area (TPSA) is 0 Å². The quantitative estimate of drug-likeness (QED) is 0.565. The molecule has 1 radical (unpaired) electrons. The molecule has 6 fully saturated rings. The van der Waals surface area contributed by atoms with E-state index in [4.69, 9.17) is 0 Å². The molecule has 0 aromatic heterocycles. The van der Waals surface area contributed by atoms with Crippen LogP contribution >= 0.6 is 0 Å². The number of hydrogen-bond donors (Lipinski definition) is 0. The van der Waals surface area contributed by atoms with E-state index in [-0.39, 0.29) is 0 Å². The lowest BCUT2D eigenvalue weighted by atomic mass is 9.39. The van der Waals surface area contributed by atoms with Gasteiger partial charge in [0.05, 0.1) is 0 Å². The number of rotatable bonds is 1. The largest absolute Gasteiger partial charge is 0.0591 e. The first kappa shape index (κ1) is 13.4. The van der Waals surface area contributed by atoms with E-state index in [2.05, 4.69) is 27.7 Å². The summed E-state index contributed by atoms with van der Waals surface area (Å²) in [6.07, 6.45) is 12.5. The third-order valence-corrected chi connectivity index (χ3v) is 10.1. The molecule has 0 amide bonds. The third-order valence-electron chi connectivity index (χ3n) is 10.1. The minimum Gasteiger partial charge on any atom is -0.0591 e. The Balaban J connectivity index is 1.59. The third kappa shape index (κ3) is 1.36. The monoisotopic (exact) mass is 285 g/mol. The maximum Gasteiger partial charge on any atom is -0.0176 e. The van der Waals surface area contributed by atoms with Crippen molar-refractivity contribution in [3.63, 3.8) is 0 Å². The molecule has 0 aromatic rings. The van der Waals surface area contributed by atoms with E-state index in [1.165, 1.54) is 12.8 Å². The first-order chi connectivity index (χ1) is 9.87. The van der Waals surface area contributed by atoms with Gasteiger partial charge in [-0.05, 0) is 103 Å². The van der Waals surface area contributed by atoms with Gasteiger partial charge in [-0.2, -0.15) is 0 Å². The lowest BCUT2D eigenvalue weighted by Crippen LogP contribution is -2.57. The fourth-order valence-corrected chi connectivity index (χ4v) is 8.69. The molecule has 6 aliphatic rings. The summed E-state index contributed by atoms with van der Waals surface area (Å²) in [5.74, 6) is 7.22. The van der Waals surface area contributed by atoms with Crippen molar-refractivity contribution >= 4 is 0 Å². The van der Waals surface area contributed by atoms with Crippen LogP contribution in [0, 0.1) is 51.8 Å². The summed E-state index contributed by atoms with van der Waals surface area (Å²) in [4.78, 5) is 0. The van der Waals surface area contributed by atoms with E-state index < -0.39 is 0 Å². The van der Waals surface area contributed by atoms with Gasteiger partial charge < -0.3 is 0 Å². The molecule has 0 saturated heterocycles. The lowest BCUT2D eigenvalue weighted by molar-refractivity contribution is -0.102. The molecule has 0 spiro atoms. The molecule has 117 valence electrons. The molecular weight excluding hydrogens is 252 g/mol. The molecule has 0 aliphatic heterocycles. The maximum atomic E-state index is 2.69.